The molecular formula is C21H17Cl2N3O4. The van der Waals surface area contributed by atoms with E-state index in [-0.39, 0.29) is 6.54 Å². The number of hydrogen-bond donors (Lipinski definition) is 2. The number of rotatable bonds is 7. The molecule has 2 N–H and O–H groups in total. The van der Waals surface area contributed by atoms with Gasteiger partial charge in [-0.3, -0.25) is 9.59 Å². The summed E-state index contributed by atoms with van der Waals surface area (Å²) >= 11 is 11.9. The highest BCUT2D eigenvalue weighted by Gasteiger charge is 2.12. The van der Waals surface area contributed by atoms with Crippen LogP contribution in [0.2, 0.25) is 10.0 Å². The smallest absolute Gasteiger partial charge is 0.329 e. The Balaban J connectivity index is 1.48. The van der Waals surface area contributed by atoms with Gasteiger partial charge >= 0.3 is 11.8 Å². The molecule has 3 rings (SSSR count). The third kappa shape index (κ3) is 6.37. The average Bonchev–Trinajstić information content (AvgIpc) is 3.27. The Bertz CT molecular complexity index is 1050. The summed E-state index contributed by atoms with van der Waals surface area (Å²) in [6.45, 7) is 0.422. The topological polar surface area (TPSA) is 92.9 Å². The number of carbonyl (C=O) groups excluding carboxylic acids is 2. The fraction of sp³-hybridized carbons (Fsp3) is 0.0952. The highest BCUT2D eigenvalue weighted by atomic mass is 35.5. The molecule has 0 aliphatic rings. The van der Waals surface area contributed by atoms with E-state index in [1.54, 1.807) is 48.5 Å². The quantitative estimate of drug-likeness (QED) is 0.327. The highest BCUT2D eigenvalue weighted by molar-refractivity contribution is 6.42. The van der Waals surface area contributed by atoms with Crippen molar-refractivity contribution in [3.63, 3.8) is 0 Å². The van der Waals surface area contributed by atoms with E-state index >= 15 is 0 Å². The van der Waals surface area contributed by atoms with Crippen LogP contribution in [-0.2, 0) is 22.7 Å². The third-order valence-corrected chi connectivity index (χ3v) is 4.58. The predicted octanol–water partition coefficient (Wildman–Crippen LogP) is 3.93. The summed E-state index contributed by atoms with van der Waals surface area (Å²) < 4.78 is 10.8. The second-order valence-corrected chi connectivity index (χ2v) is 6.89. The standard InChI is InChI=1S/C21H17Cl2N3O4/c22-18-7-6-15(10-19(18)23)13-30-16-4-1-3-14(9-16)11-25-26-21(28)20(27)24-12-17-5-2-8-29-17/h1-11H,12-13H2,(H,24,27)(H,26,28)/b25-11-. The van der Waals surface area contributed by atoms with Gasteiger partial charge in [0.05, 0.1) is 29.1 Å². The predicted molar refractivity (Wildman–Crippen MR) is 114 cm³/mol. The molecule has 154 valence electrons. The maximum Gasteiger partial charge on any atom is 0.329 e. The van der Waals surface area contributed by atoms with Crippen LogP contribution in [0.25, 0.3) is 0 Å². The van der Waals surface area contributed by atoms with E-state index in [9.17, 15) is 9.59 Å². The van der Waals surface area contributed by atoms with Gasteiger partial charge in [0, 0.05) is 0 Å². The highest BCUT2D eigenvalue weighted by Crippen LogP contribution is 2.23. The van der Waals surface area contributed by atoms with Gasteiger partial charge in [0.25, 0.3) is 0 Å². The minimum absolute atomic E-state index is 0.112. The SMILES string of the molecule is O=C(NCc1ccco1)C(=O)N/N=C\c1cccc(OCc2ccc(Cl)c(Cl)c2)c1. The van der Waals surface area contributed by atoms with Crippen LogP contribution in [0.4, 0.5) is 0 Å². The van der Waals surface area contributed by atoms with Crippen LogP contribution in [0.1, 0.15) is 16.9 Å². The Morgan fingerprint density at radius 3 is 2.67 bits per heavy atom. The number of hydrogen-bond acceptors (Lipinski definition) is 5. The summed E-state index contributed by atoms with van der Waals surface area (Å²) in [4.78, 5) is 23.5. The van der Waals surface area contributed by atoms with Crippen LogP contribution in [0.3, 0.4) is 0 Å². The maximum absolute atomic E-state index is 11.8. The van der Waals surface area contributed by atoms with Crippen LogP contribution in [-0.4, -0.2) is 18.0 Å². The monoisotopic (exact) mass is 445 g/mol. The van der Waals surface area contributed by atoms with Crippen LogP contribution in [0, 0.1) is 0 Å². The van der Waals surface area contributed by atoms with E-state index in [1.807, 2.05) is 6.07 Å². The first-order valence-electron chi connectivity index (χ1n) is 8.81. The fourth-order valence-corrected chi connectivity index (χ4v) is 2.68. The van der Waals surface area contributed by atoms with Crippen molar-refractivity contribution < 1.29 is 18.7 Å². The molecule has 0 atom stereocenters. The number of amides is 2. The number of hydrazone groups is 1. The van der Waals surface area contributed by atoms with Crippen molar-refractivity contribution in [1.29, 1.82) is 0 Å². The lowest BCUT2D eigenvalue weighted by Crippen LogP contribution is -2.37. The second-order valence-electron chi connectivity index (χ2n) is 6.07. The molecule has 7 nitrogen and oxygen atoms in total. The Labute approximate surface area is 182 Å². The zero-order chi connectivity index (χ0) is 21.3. The molecule has 0 bridgehead atoms. The van der Waals surface area contributed by atoms with Gasteiger partial charge in [-0.1, -0.05) is 41.4 Å². The molecule has 0 spiro atoms. The van der Waals surface area contributed by atoms with E-state index in [0.29, 0.717) is 33.7 Å². The summed E-state index contributed by atoms with van der Waals surface area (Å²) in [5.41, 5.74) is 3.72. The first-order chi connectivity index (χ1) is 14.5. The van der Waals surface area contributed by atoms with Gasteiger partial charge in [-0.25, -0.2) is 5.43 Å². The normalized spacial score (nSPS) is 10.7. The van der Waals surface area contributed by atoms with E-state index in [1.165, 1.54) is 12.5 Å². The van der Waals surface area contributed by atoms with Crippen molar-refractivity contribution in [1.82, 2.24) is 10.7 Å². The van der Waals surface area contributed by atoms with Crippen LogP contribution >= 0.6 is 23.2 Å². The fourth-order valence-electron chi connectivity index (χ4n) is 2.36. The molecule has 0 aliphatic heterocycles. The van der Waals surface area contributed by atoms with E-state index in [2.05, 4.69) is 15.8 Å². The first kappa shape index (κ1) is 21.4. The molecule has 30 heavy (non-hydrogen) atoms. The molecule has 1 aromatic heterocycles. The van der Waals surface area contributed by atoms with Crippen LogP contribution in [0.5, 0.6) is 5.75 Å². The van der Waals surface area contributed by atoms with Crippen molar-refractivity contribution in [2.24, 2.45) is 5.10 Å². The molecule has 0 saturated heterocycles. The van der Waals surface area contributed by atoms with Crippen LogP contribution in [0.15, 0.2) is 70.4 Å². The van der Waals surface area contributed by atoms with Crippen molar-refractivity contribution >= 4 is 41.2 Å². The lowest BCUT2D eigenvalue weighted by molar-refractivity contribution is -0.139. The maximum atomic E-state index is 11.8. The van der Waals surface area contributed by atoms with Gasteiger partial charge in [-0.05, 0) is 47.5 Å². The number of nitrogens with one attached hydrogen (secondary N) is 2. The largest absolute Gasteiger partial charge is 0.489 e. The van der Waals surface area contributed by atoms with Crippen molar-refractivity contribution in [2.75, 3.05) is 0 Å². The number of furan rings is 1. The van der Waals surface area contributed by atoms with Crippen LogP contribution < -0.4 is 15.5 Å². The van der Waals surface area contributed by atoms with Gasteiger partial charge in [-0.15, -0.1) is 0 Å². The van der Waals surface area contributed by atoms with Crippen molar-refractivity contribution in [3.8, 4) is 5.75 Å². The molecule has 0 radical (unpaired) electrons. The van der Waals surface area contributed by atoms with Gasteiger partial charge in [0.1, 0.15) is 18.1 Å². The molecule has 1 heterocycles. The molecule has 3 aromatic rings. The molecule has 0 aliphatic carbocycles. The van der Waals surface area contributed by atoms with E-state index in [0.717, 1.165) is 5.56 Å². The lowest BCUT2D eigenvalue weighted by atomic mass is 10.2. The van der Waals surface area contributed by atoms with Gasteiger partial charge in [0.15, 0.2) is 0 Å². The summed E-state index contributed by atoms with van der Waals surface area (Å²) in [6, 6.07) is 15.7. The number of nitrogens with zero attached hydrogens (tertiary/aromatic N) is 1. The van der Waals surface area contributed by atoms with Crippen molar-refractivity contribution in [3.05, 3.63) is 87.8 Å². The van der Waals surface area contributed by atoms with Gasteiger partial charge in [0.2, 0.25) is 0 Å². The summed E-state index contributed by atoms with van der Waals surface area (Å²) in [7, 11) is 0. The number of carbonyl (C=O) groups is 2. The van der Waals surface area contributed by atoms with Gasteiger partial charge < -0.3 is 14.5 Å². The zero-order valence-corrected chi connectivity index (χ0v) is 17.1. The molecule has 0 fully saturated rings. The van der Waals surface area contributed by atoms with E-state index in [4.69, 9.17) is 32.4 Å². The minimum atomic E-state index is -0.884. The Morgan fingerprint density at radius 2 is 1.90 bits per heavy atom. The second kappa shape index (κ2) is 10.5. The Morgan fingerprint density at radius 1 is 1.03 bits per heavy atom. The number of ether oxygens (including phenoxy) is 1. The van der Waals surface area contributed by atoms with Crippen molar-refractivity contribution in [2.45, 2.75) is 13.2 Å². The average molecular weight is 446 g/mol. The summed E-state index contributed by atoms with van der Waals surface area (Å²) in [6.07, 6.45) is 2.89. The molecule has 0 unspecified atom stereocenters. The number of benzene rings is 2. The molecule has 2 amide bonds. The third-order valence-electron chi connectivity index (χ3n) is 3.84. The zero-order valence-electron chi connectivity index (χ0n) is 15.6. The molecule has 0 saturated carbocycles. The molecule has 9 heteroatoms. The molecule has 2 aromatic carbocycles. The number of halogens is 2. The summed E-state index contributed by atoms with van der Waals surface area (Å²) in [5, 5.41) is 7.16. The lowest BCUT2D eigenvalue weighted by Gasteiger charge is -2.08. The Hall–Kier alpha value is -3.29. The first-order valence-corrected chi connectivity index (χ1v) is 9.57. The Kier molecular flexibility index (Phi) is 7.48. The van der Waals surface area contributed by atoms with E-state index < -0.39 is 11.8 Å². The minimum Gasteiger partial charge on any atom is -0.489 e. The molecular weight excluding hydrogens is 429 g/mol. The summed E-state index contributed by atoms with van der Waals surface area (Å²) in [5.74, 6) is -0.558. The van der Waals surface area contributed by atoms with Gasteiger partial charge in [-0.2, -0.15) is 5.10 Å².